The van der Waals surface area contributed by atoms with Crippen LogP contribution in [0.3, 0.4) is 0 Å². The van der Waals surface area contributed by atoms with Gasteiger partial charge in [-0.15, -0.1) is 0 Å². The maximum Gasteiger partial charge on any atom is 4.00 e. The van der Waals surface area contributed by atoms with Gasteiger partial charge in [-0.05, 0) is 154 Å². The van der Waals surface area contributed by atoms with Crippen molar-refractivity contribution >= 4 is 32.1 Å². The van der Waals surface area contributed by atoms with Crippen LogP contribution in [-0.2, 0) is 39.3 Å². The van der Waals surface area contributed by atoms with Gasteiger partial charge in [-0.3, -0.25) is 0 Å². The van der Waals surface area contributed by atoms with E-state index >= 15 is 0 Å². The Bertz CT molecular complexity index is 1220. The van der Waals surface area contributed by atoms with Gasteiger partial charge < -0.3 is 19.6 Å². The number of unbranched alkanes of at least 4 members (excludes halogenated alkanes) is 48. The van der Waals surface area contributed by atoms with E-state index in [0.29, 0.717) is 24.6 Å². The molecule has 0 saturated carbocycles. The molecule has 0 aromatic carbocycles. The first-order chi connectivity index (χ1) is 41.1. The average molecular weight is 1350 g/mol. The Kier molecular flexibility index (Phi) is 99.4. The molecule has 0 aromatic rings. The third-order valence-electron chi connectivity index (χ3n) is 15.4. The van der Waals surface area contributed by atoms with Crippen LogP contribution in [0.2, 0.25) is 0 Å². The van der Waals surface area contributed by atoms with E-state index in [1.807, 2.05) is 0 Å². The molecule has 0 aliphatic heterocycles. The van der Waals surface area contributed by atoms with Crippen LogP contribution >= 0.6 is 32.1 Å². The smallest absolute Gasteiger partial charge is 0.596 e. The number of allylic oxidation sites excluding steroid dienone is 8. The largest absolute Gasteiger partial charge is 4.00 e. The maximum absolute atomic E-state index is 10.4. The van der Waals surface area contributed by atoms with Crippen LogP contribution in [0.4, 0.5) is 0 Å². The van der Waals surface area contributed by atoms with Gasteiger partial charge >= 0.3 is 53.2 Å². The minimum atomic E-state index is -2.15. The van der Waals surface area contributed by atoms with Crippen molar-refractivity contribution in [2.45, 2.75) is 387 Å². The van der Waals surface area contributed by atoms with Crippen LogP contribution in [0.15, 0.2) is 48.6 Å². The third-order valence-corrected chi connectivity index (χ3v) is 18.1. The van der Waals surface area contributed by atoms with Crippen molar-refractivity contribution in [3.8, 4) is 0 Å². The average Bonchev–Trinajstić information content (AvgIpc) is 3.47. The Morgan fingerprint density at radius 2 is 0.294 bits per heavy atom. The first kappa shape index (κ1) is 93.6. The van der Waals surface area contributed by atoms with Crippen molar-refractivity contribution in [1.82, 2.24) is 0 Å². The molecule has 0 spiro atoms. The first-order valence-electron chi connectivity index (χ1n) is 36.2. The van der Waals surface area contributed by atoms with E-state index in [0.717, 1.165) is 51.4 Å². The van der Waals surface area contributed by atoms with Crippen LogP contribution in [-0.4, -0.2) is 24.6 Å². The Hall–Kier alpha value is -0.112. The first-order valence-corrected chi connectivity index (χ1v) is 41.6. The summed E-state index contributed by atoms with van der Waals surface area (Å²) in [4.78, 5) is 41.5. The zero-order valence-electron chi connectivity index (χ0n) is 56.5. The predicted octanol–water partition coefficient (Wildman–Crippen LogP) is 24.5. The Morgan fingerprint density at radius 3 is 0.412 bits per heavy atom. The Morgan fingerprint density at radius 1 is 0.188 bits per heavy atom. The summed E-state index contributed by atoms with van der Waals surface area (Å²) in [6, 6.07) is 0. The summed E-state index contributed by atoms with van der Waals surface area (Å²) in [7, 11) is -8.61. The van der Waals surface area contributed by atoms with E-state index in [4.69, 9.17) is 0 Å². The zero-order chi connectivity index (χ0) is 62.4. The molecule has 0 bridgehead atoms. The van der Waals surface area contributed by atoms with Gasteiger partial charge in [0.15, 0.2) is 0 Å². The second-order valence-corrected chi connectivity index (χ2v) is 28.4. The molecule has 0 fully saturated rings. The van der Waals surface area contributed by atoms with Crippen molar-refractivity contribution in [1.29, 1.82) is 0 Å². The molecule has 0 heterocycles. The Labute approximate surface area is 548 Å². The summed E-state index contributed by atoms with van der Waals surface area (Å²) < 4.78 is 41.5. The van der Waals surface area contributed by atoms with Crippen molar-refractivity contribution in [3.63, 3.8) is 0 Å². The molecule has 0 N–H and O–H groups in total. The molecular weight excluding hydrogens is 1210 g/mol. The second-order valence-electron chi connectivity index (χ2n) is 24.0. The molecule has 0 aliphatic carbocycles. The topological polar surface area (TPSA) is 161 Å². The fraction of sp³-hybridized carbons (Fsp3) is 0.889. The third kappa shape index (κ3) is 109. The molecule has 4 atom stereocenters. The van der Waals surface area contributed by atoms with E-state index in [1.54, 1.807) is 0 Å². The molecule has 4 unspecified atom stereocenters. The van der Waals surface area contributed by atoms with Gasteiger partial charge in [0, 0.05) is 0 Å². The fourth-order valence-electron chi connectivity index (χ4n) is 9.95. The minimum absolute atomic E-state index is 0. The normalized spacial score (nSPS) is 12.0. The van der Waals surface area contributed by atoms with Crippen LogP contribution in [0.5, 0.6) is 0 Å². The van der Waals surface area contributed by atoms with Crippen molar-refractivity contribution < 1.29 is 58.9 Å². The maximum atomic E-state index is 10.4. The predicted molar refractivity (Wildman–Crippen MR) is 368 cm³/mol. The molecule has 0 saturated heterocycles. The standard InChI is InChI=1S/4C18H35O2P.Mo/c4*1-2-3-4-5-6-7-8-9-10-11-12-13-14-15-16-17-18-21(19)20;/h4*9-10H,2-8,11-18H2,1H3;/q;;;;+4. The quantitative estimate of drug-likeness (QED) is 0.0252. The number of hydrogen-bond donors (Lipinski definition) is 0. The van der Waals surface area contributed by atoms with Gasteiger partial charge in [0.05, 0.1) is 0 Å². The molecule has 0 rings (SSSR count). The van der Waals surface area contributed by atoms with E-state index in [2.05, 4.69) is 76.3 Å². The summed E-state index contributed by atoms with van der Waals surface area (Å²) in [5.74, 6) is 0. The van der Waals surface area contributed by atoms with Gasteiger partial charge in [-0.1, -0.05) is 300 Å². The molecule has 85 heavy (non-hydrogen) atoms. The minimum Gasteiger partial charge on any atom is -0.596 e. The van der Waals surface area contributed by atoms with E-state index in [-0.39, 0.29) is 21.1 Å². The summed E-state index contributed by atoms with van der Waals surface area (Å²) in [5.41, 5.74) is 0. The van der Waals surface area contributed by atoms with Gasteiger partial charge in [-0.25, -0.2) is 0 Å². The van der Waals surface area contributed by atoms with Gasteiger partial charge in [0.25, 0.3) is 0 Å². The van der Waals surface area contributed by atoms with E-state index in [9.17, 15) is 37.8 Å². The SMILES string of the molecule is CCCCCCCCC=CCCCCCCCC[P+](=O)[O-].CCCCCCCCC=CCCCCCCCC[P+](=O)[O-].CCCCCCCCC=CCCCCCCCC[P+](=O)[O-].CCCCCCCCC=CCCCCCCCC[P+](=O)[O-].[Mo+4]. The number of hydrogen-bond acceptors (Lipinski definition) is 8. The van der Waals surface area contributed by atoms with E-state index < -0.39 is 32.1 Å². The summed E-state index contributed by atoms with van der Waals surface area (Å²) >= 11 is 0. The second kappa shape index (κ2) is 90.3. The molecule has 498 valence electrons. The van der Waals surface area contributed by atoms with Crippen LogP contribution in [0.25, 0.3) is 0 Å². The molecule has 13 heteroatoms. The van der Waals surface area contributed by atoms with Crippen molar-refractivity contribution in [2.75, 3.05) is 24.6 Å². The van der Waals surface area contributed by atoms with Crippen molar-refractivity contribution in [2.24, 2.45) is 0 Å². The van der Waals surface area contributed by atoms with Gasteiger partial charge in [-0.2, -0.15) is 0 Å². The van der Waals surface area contributed by atoms with Gasteiger partial charge in [0.2, 0.25) is 0 Å². The summed E-state index contributed by atoms with van der Waals surface area (Å²) in [6.07, 6.45) is 90.8. The van der Waals surface area contributed by atoms with Crippen LogP contribution in [0.1, 0.15) is 387 Å². The summed E-state index contributed by atoms with van der Waals surface area (Å²) in [6.45, 7) is 9.05. The molecule has 0 aliphatic rings. The zero-order valence-corrected chi connectivity index (χ0v) is 62.1. The van der Waals surface area contributed by atoms with Crippen LogP contribution in [0, 0.1) is 0 Å². The monoisotopic (exact) mass is 1350 g/mol. The number of rotatable bonds is 64. The fourth-order valence-corrected chi connectivity index (χ4v) is 11.9. The van der Waals surface area contributed by atoms with E-state index in [1.165, 1.54) is 308 Å². The molecule has 0 amide bonds. The van der Waals surface area contributed by atoms with Crippen LogP contribution < -0.4 is 19.6 Å². The molecule has 0 radical (unpaired) electrons. The summed E-state index contributed by atoms with van der Waals surface area (Å²) in [5, 5.41) is 0. The Balaban J connectivity index is -0.000000333. The molecular formula is C72H140MoO8P4+4. The van der Waals surface area contributed by atoms with Gasteiger partial charge in [0.1, 0.15) is 24.6 Å². The van der Waals surface area contributed by atoms with Crippen molar-refractivity contribution in [3.05, 3.63) is 48.6 Å². The molecule has 0 aromatic heterocycles. The molecule has 8 nitrogen and oxygen atoms in total.